The van der Waals surface area contributed by atoms with Gasteiger partial charge >= 0.3 is 0 Å². The minimum Gasteiger partial charge on any atom is -0.492 e. The van der Waals surface area contributed by atoms with Gasteiger partial charge in [-0.05, 0) is 62.6 Å². The van der Waals surface area contributed by atoms with Gasteiger partial charge in [0.15, 0.2) is 0 Å². The van der Waals surface area contributed by atoms with Crippen molar-refractivity contribution < 1.29 is 14.6 Å². The lowest BCUT2D eigenvalue weighted by molar-refractivity contribution is -0.0168. The van der Waals surface area contributed by atoms with Crippen LogP contribution in [0.3, 0.4) is 0 Å². The first-order valence-electron chi connectivity index (χ1n) is 11.6. The minimum atomic E-state index is -0.864. The van der Waals surface area contributed by atoms with Gasteiger partial charge in [-0.3, -0.25) is 4.90 Å². The number of rotatable bonds is 9. The van der Waals surface area contributed by atoms with Crippen LogP contribution in [0.15, 0.2) is 54.9 Å². The van der Waals surface area contributed by atoms with Crippen LogP contribution < -0.4 is 9.47 Å². The second-order valence-electron chi connectivity index (χ2n) is 8.88. The summed E-state index contributed by atoms with van der Waals surface area (Å²) in [5.74, 6) is 2.47. The molecule has 0 aliphatic carbocycles. The molecule has 4 rings (SSSR count). The Morgan fingerprint density at radius 2 is 1.88 bits per heavy atom. The van der Waals surface area contributed by atoms with Crippen molar-refractivity contribution in [1.29, 1.82) is 0 Å². The maximum Gasteiger partial charge on any atom is 0.121 e. The van der Waals surface area contributed by atoms with Crippen molar-refractivity contribution in [3.63, 3.8) is 0 Å². The third kappa shape index (κ3) is 6.89. The van der Waals surface area contributed by atoms with Gasteiger partial charge in [0.05, 0.1) is 22.2 Å². The number of ether oxygens (including phenoxy) is 2. The van der Waals surface area contributed by atoms with Crippen LogP contribution in [0.2, 0.25) is 10.0 Å². The van der Waals surface area contributed by atoms with Crippen LogP contribution in [0, 0.1) is 6.92 Å². The number of hydrogen-bond donors (Lipinski definition) is 1. The molecule has 3 aromatic rings. The van der Waals surface area contributed by atoms with E-state index in [-0.39, 0.29) is 6.61 Å². The van der Waals surface area contributed by atoms with Crippen LogP contribution in [0.4, 0.5) is 0 Å². The van der Waals surface area contributed by atoms with Crippen LogP contribution >= 0.6 is 23.2 Å². The zero-order valence-electron chi connectivity index (χ0n) is 19.4. The van der Waals surface area contributed by atoms with E-state index in [1.807, 2.05) is 25.3 Å². The maximum absolute atomic E-state index is 11.1. The molecule has 2 aromatic carbocycles. The molecule has 182 valence electrons. The summed E-state index contributed by atoms with van der Waals surface area (Å²) in [4.78, 5) is 6.62. The molecule has 0 saturated carbocycles. The summed E-state index contributed by atoms with van der Waals surface area (Å²) >= 11 is 12.0. The number of likely N-dealkylation sites (tertiary alicyclic amines) is 1. The van der Waals surface area contributed by atoms with E-state index in [1.165, 1.54) is 5.56 Å². The minimum absolute atomic E-state index is 0.235. The molecule has 1 atom stereocenters. The molecule has 1 aliphatic rings. The molecule has 0 bridgehead atoms. The van der Waals surface area contributed by atoms with E-state index in [4.69, 9.17) is 32.7 Å². The van der Waals surface area contributed by atoms with E-state index in [2.05, 4.69) is 26.6 Å². The summed E-state index contributed by atoms with van der Waals surface area (Å²) in [5.41, 5.74) is 0.339. The summed E-state index contributed by atoms with van der Waals surface area (Å²) in [7, 11) is 0. The fraction of sp³-hybridized carbons (Fsp3) is 0.423. The Morgan fingerprint density at radius 1 is 1.03 bits per heavy atom. The van der Waals surface area contributed by atoms with Crippen LogP contribution in [0.5, 0.6) is 11.5 Å². The largest absolute Gasteiger partial charge is 0.492 e. The van der Waals surface area contributed by atoms with Crippen molar-refractivity contribution in [2.75, 3.05) is 26.3 Å². The quantitative estimate of drug-likeness (QED) is 0.425. The average molecular weight is 504 g/mol. The first kappa shape index (κ1) is 24.9. The fourth-order valence-electron chi connectivity index (χ4n) is 4.22. The second-order valence-corrected chi connectivity index (χ2v) is 9.70. The zero-order chi connectivity index (χ0) is 24.0. The topological polar surface area (TPSA) is 59.8 Å². The van der Waals surface area contributed by atoms with E-state index in [9.17, 15) is 5.11 Å². The number of benzene rings is 2. The van der Waals surface area contributed by atoms with Crippen molar-refractivity contribution in [1.82, 2.24) is 14.5 Å². The second kappa shape index (κ2) is 11.5. The van der Waals surface area contributed by atoms with E-state index < -0.39 is 5.60 Å². The predicted octanol–water partition coefficient (Wildman–Crippen LogP) is 5.37. The zero-order valence-corrected chi connectivity index (χ0v) is 20.9. The van der Waals surface area contributed by atoms with Gasteiger partial charge in [-0.15, -0.1) is 0 Å². The standard InChI is InChI=1S/C26H31Cl2N3O3/c1-20-29-10-13-31(20)14-15-33-22-5-2-4-21(16-22)18-30-11-3-8-26(32,9-12-30)19-34-23-6-7-24(27)25(28)17-23/h2,4-7,10,13,16-17,32H,3,8-9,11-12,14-15,18-19H2,1H3. The summed E-state index contributed by atoms with van der Waals surface area (Å²) in [5, 5.41) is 12.1. The van der Waals surface area contributed by atoms with Gasteiger partial charge in [0.25, 0.3) is 0 Å². The summed E-state index contributed by atoms with van der Waals surface area (Å²) < 4.78 is 13.9. The molecule has 0 spiro atoms. The van der Waals surface area contributed by atoms with Crippen LogP contribution in [0.25, 0.3) is 0 Å². The molecule has 2 heterocycles. The molecule has 0 radical (unpaired) electrons. The molecule has 34 heavy (non-hydrogen) atoms. The molecule has 8 heteroatoms. The molecule has 1 aliphatic heterocycles. The van der Waals surface area contributed by atoms with Gasteiger partial charge in [-0.2, -0.15) is 0 Å². The lowest BCUT2D eigenvalue weighted by atomic mass is 9.96. The third-order valence-electron chi connectivity index (χ3n) is 6.24. The van der Waals surface area contributed by atoms with Gasteiger partial charge in [-0.1, -0.05) is 35.3 Å². The lowest BCUT2D eigenvalue weighted by Gasteiger charge is -2.27. The fourth-order valence-corrected chi connectivity index (χ4v) is 4.50. The van der Waals surface area contributed by atoms with Gasteiger partial charge in [-0.25, -0.2) is 4.98 Å². The van der Waals surface area contributed by atoms with Crippen LogP contribution in [-0.2, 0) is 13.1 Å². The lowest BCUT2D eigenvalue weighted by Crippen LogP contribution is -2.37. The van der Waals surface area contributed by atoms with Crippen LogP contribution in [-0.4, -0.2) is 51.5 Å². The Morgan fingerprint density at radius 3 is 2.68 bits per heavy atom. The highest BCUT2D eigenvalue weighted by molar-refractivity contribution is 6.42. The smallest absolute Gasteiger partial charge is 0.121 e. The highest BCUT2D eigenvalue weighted by atomic mass is 35.5. The first-order chi connectivity index (χ1) is 16.4. The Balaban J connectivity index is 1.26. The average Bonchev–Trinajstić information content (AvgIpc) is 3.13. The molecular formula is C26H31Cl2N3O3. The van der Waals surface area contributed by atoms with E-state index in [0.717, 1.165) is 44.2 Å². The number of aliphatic hydroxyl groups is 1. The maximum atomic E-state index is 11.1. The normalized spacial score (nSPS) is 19.1. The molecule has 1 fully saturated rings. The van der Waals surface area contributed by atoms with Gasteiger partial charge in [0.1, 0.15) is 30.5 Å². The van der Waals surface area contributed by atoms with Crippen molar-refractivity contribution in [2.24, 2.45) is 0 Å². The summed E-state index contributed by atoms with van der Waals surface area (Å²) in [6, 6.07) is 13.4. The highest BCUT2D eigenvalue weighted by Crippen LogP contribution is 2.29. The van der Waals surface area contributed by atoms with Crippen LogP contribution in [0.1, 0.15) is 30.7 Å². The van der Waals surface area contributed by atoms with Crippen molar-refractivity contribution >= 4 is 23.2 Å². The van der Waals surface area contributed by atoms with Crippen molar-refractivity contribution in [3.05, 3.63) is 76.3 Å². The molecule has 1 aromatic heterocycles. The molecular weight excluding hydrogens is 473 g/mol. The predicted molar refractivity (Wildman–Crippen MR) is 135 cm³/mol. The Hall–Kier alpha value is -2.25. The molecule has 6 nitrogen and oxygen atoms in total. The summed E-state index contributed by atoms with van der Waals surface area (Å²) in [6.45, 7) is 6.13. The van der Waals surface area contributed by atoms with E-state index in [0.29, 0.717) is 35.2 Å². The summed E-state index contributed by atoms with van der Waals surface area (Å²) in [6.07, 6.45) is 6.01. The van der Waals surface area contributed by atoms with E-state index in [1.54, 1.807) is 24.4 Å². The van der Waals surface area contributed by atoms with Gasteiger partial charge in [0.2, 0.25) is 0 Å². The Kier molecular flexibility index (Phi) is 8.37. The third-order valence-corrected chi connectivity index (χ3v) is 6.98. The number of aryl methyl sites for hydroxylation is 1. The Bertz CT molecular complexity index is 1090. The van der Waals surface area contributed by atoms with Crippen molar-refractivity contribution in [3.8, 4) is 11.5 Å². The number of halogens is 2. The Labute approximate surface area is 211 Å². The molecule has 1 N–H and O–H groups in total. The number of imidazole rings is 1. The number of aromatic nitrogens is 2. The monoisotopic (exact) mass is 503 g/mol. The number of hydrogen-bond acceptors (Lipinski definition) is 5. The van der Waals surface area contributed by atoms with Gasteiger partial charge < -0.3 is 19.1 Å². The SMILES string of the molecule is Cc1nccn1CCOc1cccc(CN2CCCC(O)(COc3ccc(Cl)c(Cl)c3)CC2)c1. The van der Waals surface area contributed by atoms with Crippen molar-refractivity contribution in [2.45, 2.75) is 44.9 Å². The van der Waals surface area contributed by atoms with E-state index >= 15 is 0 Å². The molecule has 1 saturated heterocycles. The molecule has 0 amide bonds. The van der Waals surface area contributed by atoms with Gasteiger partial charge in [0, 0.05) is 31.5 Å². The number of nitrogens with zero attached hydrogens (tertiary/aromatic N) is 3. The first-order valence-corrected chi connectivity index (χ1v) is 12.4. The highest BCUT2D eigenvalue weighted by Gasteiger charge is 2.31. The molecule has 1 unspecified atom stereocenters.